The molecule has 0 unspecified atom stereocenters. The van der Waals surface area contributed by atoms with Gasteiger partial charge in [0.2, 0.25) is 0 Å². The summed E-state index contributed by atoms with van der Waals surface area (Å²) < 4.78 is 0. The smallest absolute Gasteiger partial charge is 0.0468 e. The van der Waals surface area contributed by atoms with Crippen LogP contribution in [0.15, 0.2) is 340 Å². The maximum Gasteiger partial charge on any atom is 0.0468 e. The van der Waals surface area contributed by atoms with Crippen molar-refractivity contribution < 1.29 is 0 Å². The molecule has 108 heavy (non-hydrogen) atoms. The van der Waals surface area contributed by atoms with Gasteiger partial charge in [0.05, 0.1) is 0 Å². The topological polar surface area (TPSA) is 6.48 Å². The van der Waals surface area contributed by atoms with Crippen LogP contribution in [-0.4, -0.2) is 0 Å². The number of benzene rings is 17. The Hall–Kier alpha value is -12.6. The molecule has 17 aromatic rings. The summed E-state index contributed by atoms with van der Waals surface area (Å²) in [6.45, 7) is 19.1. The first kappa shape index (κ1) is 63.8. The molecule has 4 aliphatic carbocycles. The first-order valence-corrected chi connectivity index (χ1v) is 38.4. The summed E-state index contributed by atoms with van der Waals surface area (Å²) in [6, 6.07) is 130. The summed E-state index contributed by atoms with van der Waals surface area (Å²) in [4.78, 5) is 4.98. The Kier molecular flexibility index (Phi) is 13.9. The first-order valence-electron chi connectivity index (χ1n) is 38.4. The highest BCUT2D eigenvalue weighted by atomic mass is 15.1. The summed E-state index contributed by atoms with van der Waals surface area (Å²) in [5.74, 6) is 0. The standard InChI is InChI=1S/C106H80N2/c1-103(2)96-32-20-16-28-84(96)90-59-73(42-56-97(90)103)101-88-54-49-80(108(78-48-38-66-22-10-12-24-70(66)58-78)76-45-35-68(36-46-76)72-40-52-86-82-26-14-18-30-94(82)105(5,6)99(86)61-72)64-92(88)102(74-41-53-87-83-27-15-19-31-95(83)106(7,8)100(87)62-74)89-55-50-79(63-91(89)101)107(77-47-37-65-21-9-11-23-69(65)57-77)75-43-33-67(34-44-75)71-39-51-85-81-25-13-17-29-93(81)104(3,4)98(85)60-71/h9-64H,1-8H3. The van der Waals surface area contributed by atoms with E-state index >= 15 is 0 Å². The number of fused-ring (bicyclic) bond motifs is 16. The molecule has 0 spiro atoms. The zero-order chi connectivity index (χ0) is 72.7. The van der Waals surface area contributed by atoms with Crippen LogP contribution in [0.5, 0.6) is 0 Å². The zero-order valence-corrected chi connectivity index (χ0v) is 62.2. The third kappa shape index (κ3) is 9.52. The molecule has 0 N–H and O–H groups in total. The van der Waals surface area contributed by atoms with Crippen molar-refractivity contribution in [2.45, 2.75) is 77.0 Å². The van der Waals surface area contributed by atoms with E-state index in [1.807, 2.05) is 0 Å². The SMILES string of the molecule is CC1(C)c2ccccc2-c2cc(-c3c4ccc(N(c5ccc(-c6ccc7c(c6)C(C)(C)c6ccccc6-7)cc5)c5ccc6ccccc6c5)cc4c(-c4ccc5c(c4)C(C)(C)c4ccccc4-5)c4ccc(N(c5ccc(-c6ccc7c(c6)C(C)(C)c6ccccc6-7)cc5)c5ccc6ccccc6c5)cc34)ccc21. The first-order chi connectivity index (χ1) is 52.5. The lowest BCUT2D eigenvalue weighted by Gasteiger charge is -2.29. The van der Waals surface area contributed by atoms with E-state index in [1.54, 1.807) is 0 Å². The lowest BCUT2D eigenvalue weighted by molar-refractivity contribution is 0.660. The lowest BCUT2D eigenvalue weighted by Crippen LogP contribution is -2.15. The minimum atomic E-state index is -0.237. The molecule has 0 aliphatic heterocycles. The fourth-order valence-electron chi connectivity index (χ4n) is 19.7. The summed E-state index contributed by atoms with van der Waals surface area (Å²) >= 11 is 0. The van der Waals surface area contributed by atoms with Crippen molar-refractivity contribution in [3.63, 3.8) is 0 Å². The molecule has 2 nitrogen and oxygen atoms in total. The van der Waals surface area contributed by atoms with E-state index in [4.69, 9.17) is 0 Å². The molecule has 2 heteroatoms. The highest BCUT2D eigenvalue weighted by Gasteiger charge is 2.40. The normalized spacial score (nSPS) is 14.6. The van der Waals surface area contributed by atoms with Crippen molar-refractivity contribution in [3.05, 3.63) is 384 Å². The molecule has 0 saturated carbocycles. The number of rotatable bonds is 10. The Bertz CT molecular complexity index is 6670. The largest absolute Gasteiger partial charge is 0.310 e. The fraction of sp³-hybridized carbons (Fsp3) is 0.113. The van der Waals surface area contributed by atoms with Gasteiger partial charge >= 0.3 is 0 Å². The molecule has 0 atom stereocenters. The van der Waals surface area contributed by atoms with E-state index in [0.29, 0.717) is 0 Å². The summed E-state index contributed by atoms with van der Waals surface area (Å²) in [7, 11) is 0. The quantitative estimate of drug-likeness (QED) is 0.126. The molecule has 0 saturated heterocycles. The molecule has 0 heterocycles. The third-order valence-electron chi connectivity index (χ3n) is 25.4. The molecular weight excluding hydrogens is 1300 g/mol. The Balaban J connectivity index is 0.800. The van der Waals surface area contributed by atoms with Gasteiger partial charge in [0.1, 0.15) is 0 Å². The summed E-state index contributed by atoms with van der Waals surface area (Å²) in [5.41, 5.74) is 36.9. The molecule has 0 aromatic heterocycles. The molecule has 17 aromatic carbocycles. The molecule has 21 rings (SSSR count). The van der Waals surface area contributed by atoms with Crippen LogP contribution in [0.2, 0.25) is 0 Å². The second kappa shape index (κ2) is 23.4. The van der Waals surface area contributed by atoms with E-state index < -0.39 is 0 Å². The highest BCUT2D eigenvalue weighted by Crippen LogP contribution is 2.57. The van der Waals surface area contributed by atoms with Gasteiger partial charge in [-0.25, -0.2) is 0 Å². The van der Waals surface area contributed by atoms with Gasteiger partial charge in [-0.05, 0) is 274 Å². The maximum absolute atomic E-state index is 2.54. The third-order valence-corrected chi connectivity index (χ3v) is 25.4. The van der Waals surface area contributed by atoms with Gasteiger partial charge < -0.3 is 9.80 Å². The molecule has 0 radical (unpaired) electrons. The van der Waals surface area contributed by atoms with Crippen LogP contribution in [0.1, 0.15) is 99.9 Å². The van der Waals surface area contributed by atoms with Crippen LogP contribution in [0.25, 0.3) is 132 Å². The van der Waals surface area contributed by atoms with Gasteiger partial charge in [-0.15, -0.1) is 0 Å². The van der Waals surface area contributed by atoms with Crippen LogP contribution in [0.3, 0.4) is 0 Å². The van der Waals surface area contributed by atoms with Crippen molar-refractivity contribution in [2.75, 3.05) is 9.80 Å². The number of hydrogen-bond acceptors (Lipinski definition) is 2. The van der Waals surface area contributed by atoms with Gasteiger partial charge in [-0.1, -0.05) is 298 Å². The van der Waals surface area contributed by atoms with Crippen molar-refractivity contribution in [1.82, 2.24) is 0 Å². The van der Waals surface area contributed by atoms with E-state index in [9.17, 15) is 0 Å². The summed E-state index contributed by atoms with van der Waals surface area (Å²) in [5, 5.41) is 9.53. The van der Waals surface area contributed by atoms with Crippen LogP contribution in [0.4, 0.5) is 34.1 Å². The van der Waals surface area contributed by atoms with E-state index in [0.717, 1.165) is 34.1 Å². The van der Waals surface area contributed by atoms with Crippen LogP contribution < -0.4 is 9.80 Å². The van der Waals surface area contributed by atoms with Crippen molar-refractivity contribution in [1.29, 1.82) is 0 Å². The monoisotopic (exact) mass is 1380 g/mol. The average Bonchev–Trinajstić information content (AvgIpc) is 1.18. The van der Waals surface area contributed by atoms with Crippen LogP contribution >= 0.6 is 0 Å². The Morgan fingerprint density at radius 1 is 0.167 bits per heavy atom. The van der Waals surface area contributed by atoms with Gasteiger partial charge in [-0.2, -0.15) is 0 Å². The van der Waals surface area contributed by atoms with E-state index in [-0.39, 0.29) is 21.7 Å². The second-order valence-corrected chi connectivity index (χ2v) is 32.8. The fourth-order valence-corrected chi connectivity index (χ4v) is 19.7. The highest BCUT2D eigenvalue weighted by molar-refractivity contribution is 6.23. The van der Waals surface area contributed by atoms with Crippen LogP contribution in [0, 0.1) is 0 Å². The molecule has 0 bridgehead atoms. The average molecular weight is 1380 g/mol. The van der Waals surface area contributed by atoms with E-state index in [2.05, 4.69) is 405 Å². The predicted molar refractivity (Wildman–Crippen MR) is 458 cm³/mol. The molecule has 0 fully saturated rings. The van der Waals surface area contributed by atoms with Gasteiger partial charge in [0.15, 0.2) is 0 Å². The summed E-state index contributed by atoms with van der Waals surface area (Å²) in [6.07, 6.45) is 0. The number of anilines is 6. The van der Waals surface area contributed by atoms with Crippen LogP contribution in [-0.2, 0) is 21.7 Å². The Labute approximate surface area is 633 Å². The molecule has 514 valence electrons. The van der Waals surface area contributed by atoms with Gasteiger partial charge in [-0.3, -0.25) is 0 Å². The maximum atomic E-state index is 2.54. The Morgan fingerprint density at radius 2 is 0.444 bits per heavy atom. The number of hydrogen-bond donors (Lipinski definition) is 0. The number of nitrogens with zero attached hydrogens (tertiary/aromatic N) is 2. The molecular formula is C106H80N2. The molecule has 4 aliphatic rings. The predicted octanol–water partition coefficient (Wildman–Crippen LogP) is 29.1. The second-order valence-electron chi connectivity index (χ2n) is 32.8. The minimum Gasteiger partial charge on any atom is -0.310 e. The van der Waals surface area contributed by atoms with Crippen molar-refractivity contribution >= 4 is 77.2 Å². The van der Waals surface area contributed by atoms with Crippen molar-refractivity contribution in [2.24, 2.45) is 0 Å². The van der Waals surface area contributed by atoms with Gasteiger partial charge in [0.25, 0.3) is 0 Å². The zero-order valence-electron chi connectivity index (χ0n) is 62.2. The Morgan fingerprint density at radius 3 is 0.861 bits per heavy atom. The minimum absolute atomic E-state index is 0.108. The molecule has 0 amide bonds. The van der Waals surface area contributed by atoms with Gasteiger partial charge in [0, 0.05) is 55.8 Å². The van der Waals surface area contributed by atoms with Crippen molar-refractivity contribution in [3.8, 4) is 89.0 Å². The van der Waals surface area contributed by atoms with E-state index in [1.165, 1.54) is 177 Å². The lowest BCUT2D eigenvalue weighted by atomic mass is 9.80.